The fourth-order valence-corrected chi connectivity index (χ4v) is 5.56. The SMILES string of the molecule is CCc1cc(C(F)(F)C(F)(F)C(F)(F)C(F)(F)C(F)(F)C(F)(F)C(F)(F)C(F)(F)C(F)(F)C(F)(F)c2cc(CC)c(N)c(C(C)(C)C)c2)cc(C(C)(C)C)c1N. The molecule has 0 aromatic heterocycles. The highest BCUT2D eigenvalue weighted by Gasteiger charge is 2.97. The molecule has 2 rings (SSSR count). The second-order valence-corrected chi connectivity index (χ2v) is 15.1. The number of halogens is 20. The van der Waals surface area contributed by atoms with E-state index in [0.717, 1.165) is 13.8 Å². The molecule has 0 amide bonds. The van der Waals surface area contributed by atoms with E-state index in [9.17, 15) is 70.2 Å². The lowest BCUT2D eigenvalue weighted by Crippen LogP contribution is -2.76. The van der Waals surface area contributed by atoms with Crippen LogP contribution in [0.2, 0.25) is 0 Å². The van der Waals surface area contributed by atoms with E-state index in [4.69, 9.17) is 11.5 Å². The van der Waals surface area contributed by atoms with Gasteiger partial charge in [-0.15, -0.1) is 0 Å². The van der Waals surface area contributed by atoms with Crippen LogP contribution in [0.5, 0.6) is 0 Å². The van der Waals surface area contributed by atoms with Gasteiger partial charge in [0.2, 0.25) is 0 Å². The summed E-state index contributed by atoms with van der Waals surface area (Å²) in [7, 11) is 0. The smallest absolute Gasteiger partial charge is 0.385 e. The van der Waals surface area contributed by atoms with Crippen LogP contribution >= 0.6 is 0 Å². The summed E-state index contributed by atoms with van der Waals surface area (Å²) in [4.78, 5) is 0. The molecule has 0 atom stereocenters. The van der Waals surface area contributed by atoms with Gasteiger partial charge < -0.3 is 11.5 Å². The fraction of sp³-hybridized carbons (Fsp3) is 0.647. The Balaban J connectivity index is 2.85. The van der Waals surface area contributed by atoms with Crippen LogP contribution in [0, 0.1) is 0 Å². The fourth-order valence-electron chi connectivity index (χ4n) is 5.56. The number of anilines is 2. The zero-order valence-electron chi connectivity index (χ0n) is 30.4. The van der Waals surface area contributed by atoms with Crippen molar-refractivity contribution in [3.63, 3.8) is 0 Å². The third-order valence-electron chi connectivity index (χ3n) is 9.18. The number of nitrogens with two attached hydrogens (primary N) is 2. The summed E-state index contributed by atoms with van der Waals surface area (Å²) >= 11 is 0. The molecule has 2 nitrogen and oxygen atoms in total. The predicted octanol–water partition coefficient (Wildman–Crippen LogP) is 12.5. The van der Waals surface area contributed by atoms with E-state index >= 15 is 17.6 Å². The first kappa shape index (κ1) is 48.8. The highest BCUT2D eigenvalue weighted by molar-refractivity contribution is 5.60. The van der Waals surface area contributed by atoms with Crippen LogP contribution in [0.1, 0.15) is 88.8 Å². The van der Waals surface area contributed by atoms with E-state index in [1.54, 1.807) is 0 Å². The van der Waals surface area contributed by atoms with Gasteiger partial charge in [-0.3, -0.25) is 0 Å². The van der Waals surface area contributed by atoms with Crippen molar-refractivity contribution in [3.05, 3.63) is 57.6 Å². The van der Waals surface area contributed by atoms with Gasteiger partial charge in [-0.05, 0) is 70.2 Å². The van der Waals surface area contributed by atoms with E-state index in [0.29, 0.717) is 0 Å². The van der Waals surface area contributed by atoms with E-state index < -0.39 is 128 Å². The minimum atomic E-state index is -9.14. The summed E-state index contributed by atoms with van der Waals surface area (Å²) < 4.78 is 298. The Morgan fingerprint density at radius 3 is 0.732 bits per heavy atom. The van der Waals surface area contributed by atoms with Crippen molar-refractivity contribution in [1.29, 1.82) is 0 Å². The van der Waals surface area contributed by atoms with E-state index in [-0.39, 0.29) is 24.3 Å². The number of aryl methyl sites for hydroxylation is 2. The van der Waals surface area contributed by atoms with Crippen LogP contribution in [0.4, 0.5) is 99.2 Å². The number of alkyl halides is 20. The van der Waals surface area contributed by atoms with Gasteiger partial charge in [0.05, 0.1) is 0 Å². The van der Waals surface area contributed by atoms with Crippen LogP contribution in [0.3, 0.4) is 0 Å². The van der Waals surface area contributed by atoms with Gasteiger partial charge in [0.15, 0.2) is 0 Å². The van der Waals surface area contributed by atoms with E-state index in [1.807, 2.05) is 0 Å². The molecule has 56 heavy (non-hydrogen) atoms. The van der Waals surface area contributed by atoms with Crippen molar-refractivity contribution in [2.45, 2.75) is 138 Å². The summed E-state index contributed by atoms with van der Waals surface area (Å²) in [6, 6.07) is -0.332. The highest BCUT2D eigenvalue weighted by Crippen LogP contribution is 2.67. The molecule has 2 aromatic carbocycles. The van der Waals surface area contributed by atoms with E-state index in [1.165, 1.54) is 41.5 Å². The number of hydrogen-bond donors (Lipinski definition) is 2. The molecular weight excluding hydrogens is 816 g/mol. The predicted molar refractivity (Wildman–Crippen MR) is 165 cm³/mol. The quantitative estimate of drug-likeness (QED) is 0.156. The molecular formula is C34H36F20N2. The molecule has 0 aliphatic carbocycles. The summed E-state index contributed by atoms with van der Waals surface area (Å²) in [5, 5.41) is 0. The van der Waals surface area contributed by atoms with Crippen LogP contribution in [0.15, 0.2) is 24.3 Å². The molecule has 0 bridgehead atoms. The minimum Gasteiger partial charge on any atom is -0.398 e. The summed E-state index contributed by atoms with van der Waals surface area (Å²) in [6.45, 7) is 9.34. The molecule has 0 saturated heterocycles. The first-order valence-corrected chi connectivity index (χ1v) is 16.0. The highest BCUT2D eigenvalue weighted by atomic mass is 19.4. The minimum absolute atomic E-state index is 0.0741. The maximum absolute atomic E-state index is 15.2. The number of benzene rings is 2. The van der Waals surface area contributed by atoms with Gasteiger partial charge in [-0.1, -0.05) is 55.4 Å². The first-order chi connectivity index (χ1) is 24.4. The standard InChI is InChI=1S/C34H36F20N2/c1-9-15-11-17(13-19(21(15)55)23(3,4)5)25(35,36)27(39,40)29(43,44)31(47,48)33(51,52)34(53,54)32(49,50)30(45,46)28(41,42)26(37,38)18-12-16(10-2)22(56)20(14-18)24(6,7)8/h11-14H,9-10,55-56H2,1-8H3. The van der Waals surface area contributed by atoms with Crippen molar-refractivity contribution in [2.75, 3.05) is 11.5 Å². The molecule has 4 N–H and O–H groups in total. The second-order valence-electron chi connectivity index (χ2n) is 15.1. The van der Waals surface area contributed by atoms with Crippen LogP contribution in [-0.2, 0) is 35.5 Å². The summed E-state index contributed by atoms with van der Waals surface area (Å²) in [5.74, 6) is -83.3. The topological polar surface area (TPSA) is 52.0 Å². The molecule has 0 heterocycles. The maximum atomic E-state index is 15.2. The molecule has 0 aliphatic rings. The molecule has 0 saturated carbocycles. The monoisotopic (exact) mass is 852 g/mol. The molecule has 0 aliphatic heterocycles. The van der Waals surface area contributed by atoms with Crippen LogP contribution in [-0.4, -0.2) is 47.4 Å². The summed E-state index contributed by atoms with van der Waals surface area (Å²) in [5.41, 5.74) is 0.740. The first-order valence-electron chi connectivity index (χ1n) is 16.0. The lowest BCUT2D eigenvalue weighted by Gasteiger charge is -2.45. The van der Waals surface area contributed by atoms with Crippen molar-refractivity contribution in [1.82, 2.24) is 0 Å². The molecule has 0 unspecified atom stereocenters. The lowest BCUT2D eigenvalue weighted by atomic mass is 9.80. The average molecular weight is 853 g/mol. The molecule has 22 heteroatoms. The summed E-state index contributed by atoms with van der Waals surface area (Å²) in [6.07, 6.45) is -0.936. The Labute approximate surface area is 307 Å². The van der Waals surface area contributed by atoms with Crippen LogP contribution < -0.4 is 11.5 Å². The normalized spacial score (nSPS) is 15.4. The second kappa shape index (κ2) is 13.6. The number of hydrogen-bond acceptors (Lipinski definition) is 2. The Morgan fingerprint density at radius 1 is 0.357 bits per heavy atom. The number of rotatable bonds is 13. The Bertz CT molecular complexity index is 1650. The van der Waals surface area contributed by atoms with Crippen molar-refractivity contribution in [2.24, 2.45) is 0 Å². The van der Waals surface area contributed by atoms with Gasteiger partial charge in [-0.25, -0.2) is 0 Å². The molecule has 2 aromatic rings. The van der Waals surface area contributed by atoms with Gasteiger partial charge in [0, 0.05) is 22.5 Å². The molecule has 0 radical (unpaired) electrons. The molecule has 0 spiro atoms. The third kappa shape index (κ3) is 6.59. The Kier molecular flexibility index (Phi) is 11.9. The Hall–Kier alpha value is -3.36. The maximum Gasteiger partial charge on any atom is 0.385 e. The van der Waals surface area contributed by atoms with Gasteiger partial charge >= 0.3 is 59.2 Å². The zero-order chi connectivity index (χ0) is 44.9. The molecule has 0 fully saturated rings. The zero-order valence-corrected chi connectivity index (χ0v) is 30.4. The van der Waals surface area contributed by atoms with Crippen molar-refractivity contribution < 1.29 is 87.8 Å². The number of nitrogen functional groups attached to an aromatic ring is 2. The molecule has 322 valence electrons. The van der Waals surface area contributed by atoms with Crippen molar-refractivity contribution in [3.8, 4) is 0 Å². The van der Waals surface area contributed by atoms with E-state index in [2.05, 4.69) is 0 Å². The average Bonchev–Trinajstić information content (AvgIpc) is 3.02. The third-order valence-corrected chi connectivity index (χ3v) is 9.18. The van der Waals surface area contributed by atoms with Gasteiger partial charge in [-0.2, -0.15) is 87.8 Å². The Morgan fingerprint density at radius 2 is 0.554 bits per heavy atom. The van der Waals surface area contributed by atoms with Gasteiger partial charge in [0.1, 0.15) is 0 Å². The largest absolute Gasteiger partial charge is 0.398 e. The lowest BCUT2D eigenvalue weighted by molar-refractivity contribution is -0.470. The van der Waals surface area contributed by atoms with Crippen LogP contribution in [0.25, 0.3) is 0 Å². The van der Waals surface area contributed by atoms with Crippen molar-refractivity contribution >= 4 is 11.4 Å². The van der Waals surface area contributed by atoms with Gasteiger partial charge in [0.25, 0.3) is 0 Å².